The molecule has 0 spiro atoms. The second-order valence-corrected chi connectivity index (χ2v) is 7.02. The fraction of sp³-hybridized carbons (Fsp3) is 0.429. The molecule has 2 atom stereocenters. The van der Waals surface area contributed by atoms with Crippen molar-refractivity contribution in [2.24, 2.45) is 0 Å². The van der Waals surface area contributed by atoms with E-state index in [-0.39, 0.29) is 17.8 Å². The number of rotatable bonds is 5. The summed E-state index contributed by atoms with van der Waals surface area (Å²) in [7, 11) is 0. The molecule has 0 unspecified atom stereocenters. The zero-order chi connectivity index (χ0) is 18.5. The van der Waals surface area contributed by atoms with Gasteiger partial charge in [-0.25, -0.2) is 4.39 Å². The van der Waals surface area contributed by atoms with E-state index in [4.69, 9.17) is 0 Å². The Labute approximate surface area is 154 Å². The summed E-state index contributed by atoms with van der Waals surface area (Å²) in [4.78, 5) is 19.3. The number of likely N-dealkylation sites (tertiary alicyclic amines) is 1. The van der Waals surface area contributed by atoms with Gasteiger partial charge in [0.1, 0.15) is 5.82 Å². The molecule has 2 heterocycles. The molecular formula is C21H26FN3O. The van der Waals surface area contributed by atoms with Crippen molar-refractivity contribution in [2.45, 2.75) is 45.2 Å². The number of piperidine rings is 1. The molecule has 0 saturated carbocycles. The number of pyridine rings is 1. The Morgan fingerprint density at radius 1 is 1.35 bits per heavy atom. The number of hydrogen-bond donors (Lipinski definition) is 1. The Hall–Kier alpha value is -2.27. The number of carbonyl (C=O) groups excluding carboxylic acids is 1. The van der Waals surface area contributed by atoms with E-state index in [0.717, 1.165) is 32.4 Å². The molecular weight excluding hydrogens is 329 g/mol. The lowest BCUT2D eigenvalue weighted by Gasteiger charge is -2.37. The van der Waals surface area contributed by atoms with Crippen LogP contribution in [-0.2, 0) is 0 Å². The van der Waals surface area contributed by atoms with Crippen LogP contribution in [0.1, 0.15) is 43.5 Å². The van der Waals surface area contributed by atoms with E-state index in [9.17, 15) is 9.18 Å². The highest BCUT2D eigenvalue weighted by Gasteiger charge is 2.26. The molecule has 1 aliphatic heterocycles. The number of halogens is 1. The van der Waals surface area contributed by atoms with Gasteiger partial charge in [-0.1, -0.05) is 19.1 Å². The molecule has 0 radical (unpaired) electrons. The first-order valence-electron chi connectivity index (χ1n) is 9.33. The molecule has 1 saturated heterocycles. The summed E-state index contributed by atoms with van der Waals surface area (Å²) in [5.74, 6) is -0.390. The number of nitrogens with one attached hydrogen (secondary N) is 1. The first-order valence-corrected chi connectivity index (χ1v) is 9.33. The standard InChI is InChI=1S/C21H26FN3O/c1-3-10-25-11-9-19(12-15(25)2)24-21(26)17-7-8-20(23-14-17)16-5-4-6-18(22)13-16/h4-8,13-15,19H,3,9-12H2,1-2H3,(H,24,26)/t15-,19-/m0/s1. The molecule has 0 aliphatic carbocycles. The number of carbonyl (C=O) groups is 1. The average Bonchev–Trinajstić information content (AvgIpc) is 2.64. The van der Waals surface area contributed by atoms with E-state index in [1.165, 1.54) is 12.1 Å². The summed E-state index contributed by atoms with van der Waals surface area (Å²) in [6.07, 6.45) is 4.67. The van der Waals surface area contributed by atoms with Gasteiger partial charge in [0.2, 0.25) is 0 Å². The fourth-order valence-corrected chi connectivity index (χ4v) is 3.59. The van der Waals surface area contributed by atoms with E-state index in [0.29, 0.717) is 22.9 Å². The number of aromatic nitrogens is 1. The van der Waals surface area contributed by atoms with Crippen LogP contribution in [-0.4, -0.2) is 41.0 Å². The van der Waals surface area contributed by atoms with E-state index < -0.39 is 0 Å². The van der Waals surface area contributed by atoms with E-state index in [2.05, 4.69) is 29.0 Å². The summed E-state index contributed by atoms with van der Waals surface area (Å²) < 4.78 is 13.3. The number of nitrogens with zero attached hydrogens (tertiary/aromatic N) is 2. The van der Waals surface area contributed by atoms with Gasteiger partial charge >= 0.3 is 0 Å². The van der Waals surface area contributed by atoms with Crippen LogP contribution in [0, 0.1) is 5.82 Å². The van der Waals surface area contributed by atoms with Gasteiger partial charge in [-0.15, -0.1) is 0 Å². The van der Waals surface area contributed by atoms with Crippen LogP contribution in [0.2, 0.25) is 0 Å². The molecule has 2 aromatic rings. The van der Waals surface area contributed by atoms with E-state index in [1.807, 2.05) is 0 Å². The first-order chi connectivity index (χ1) is 12.6. The van der Waals surface area contributed by atoms with Gasteiger partial charge in [-0.3, -0.25) is 9.78 Å². The van der Waals surface area contributed by atoms with Crippen LogP contribution in [0.5, 0.6) is 0 Å². The van der Waals surface area contributed by atoms with Crippen molar-refractivity contribution < 1.29 is 9.18 Å². The minimum Gasteiger partial charge on any atom is -0.349 e. The normalized spacial score (nSPS) is 20.7. The second kappa shape index (κ2) is 8.41. The van der Waals surface area contributed by atoms with Crippen molar-refractivity contribution in [3.05, 3.63) is 54.0 Å². The number of hydrogen-bond acceptors (Lipinski definition) is 3. The maximum absolute atomic E-state index is 13.3. The van der Waals surface area contributed by atoms with E-state index >= 15 is 0 Å². The predicted molar refractivity (Wildman–Crippen MR) is 101 cm³/mol. The third-order valence-corrected chi connectivity index (χ3v) is 5.01. The molecule has 1 aliphatic rings. The lowest BCUT2D eigenvalue weighted by molar-refractivity contribution is 0.0875. The molecule has 138 valence electrons. The molecule has 1 aromatic carbocycles. The minimum atomic E-state index is -0.297. The van der Waals surface area contributed by atoms with Crippen LogP contribution < -0.4 is 5.32 Å². The zero-order valence-electron chi connectivity index (χ0n) is 15.4. The van der Waals surface area contributed by atoms with Crippen molar-refractivity contribution in [2.75, 3.05) is 13.1 Å². The van der Waals surface area contributed by atoms with Gasteiger partial charge in [0, 0.05) is 30.4 Å². The molecule has 4 nitrogen and oxygen atoms in total. The molecule has 1 N–H and O–H groups in total. The van der Waals surface area contributed by atoms with Crippen LogP contribution in [0.15, 0.2) is 42.6 Å². The Kier molecular flexibility index (Phi) is 5.99. The molecule has 5 heteroatoms. The summed E-state index contributed by atoms with van der Waals surface area (Å²) in [5.41, 5.74) is 1.89. The van der Waals surface area contributed by atoms with Crippen molar-refractivity contribution in [1.29, 1.82) is 0 Å². The van der Waals surface area contributed by atoms with Crippen LogP contribution in [0.3, 0.4) is 0 Å². The van der Waals surface area contributed by atoms with Crippen molar-refractivity contribution in [1.82, 2.24) is 15.2 Å². The Bertz CT molecular complexity index is 747. The Balaban J connectivity index is 1.60. The van der Waals surface area contributed by atoms with Gasteiger partial charge in [-0.05, 0) is 57.0 Å². The maximum atomic E-state index is 13.3. The number of benzene rings is 1. The number of amides is 1. The van der Waals surface area contributed by atoms with Crippen LogP contribution in [0.4, 0.5) is 4.39 Å². The second-order valence-electron chi connectivity index (χ2n) is 7.02. The molecule has 1 aromatic heterocycles. The van der Waals surface area contributed by atoms with Crippen LogP contribution >= 0.6 is 0 Å². The molecule has 0 bridgehead atoms. The van der Waals surface area contributed by atoms with Gasteiger partial charge < -0.3 is 10.2 Å². The lowest BCUT2D eigenvalue weighted by Crippen LogP contribution is -2.49. The molecule has 1 amide bonds. The largest absolute Gasteiger partial charge is 0.349 e. The third kappa shape index (κ3) is 4.47. The highest BCUT2D eigenvalue weighted by atomic mass is 19.1. The Morgan fingerprint density at radius 3 is 2.85 bits per heavy atom. The average molecular weight is 355 g/mol. The van der Waals surface area contributed by atoms with E-state index in [1.54, 1.807) is 30.5 Å². The predicted octanol–water partition coefficient (Wildman–Crippen LogP) is 3.88. The molecule has 3 rings (SSSR count). The Morgan fingerprint density at radius 2 is 2.19 bits per heavy atom. The third-order valence-electron chi connectivity index (χ3n) is 5.01. The van der Waals surface area contributed by atoms with Gasteiger partial charge in [0.15, 0.2) is 0 Å². The summed E-state index contributed by atoms with van der Waals surface area (Å²) in [6, 6.07) is 10.5. The lowest BCUT2D eigenvalue weighted by atomic mass is 9.97. The minimum absolute atomic E-state index is 0.0931. The van der Waals surface area contributed by atoms with Crippen molar-refractivity contribution >= 4 is 5.91 Å². The monoisotopic (exact) mass is 355 g/mol. The first kappa shape index (κ1) is 18.5. The van der Waals surface area contributed by atoms with Gasteiger partial charge in [0.25, 0.3) is 5.91 Å². The maximum Gasteiger partial charge on any atom is 0.253 e. The highest BCUT2D eigenvalue weighted by Crippen LogP contribution is 2.20. The SMILES string of the molecule is CCCN1CC[C@H](NC(=O)c2ccc(-c3cccc(F)c3)nc2)C[C@@H]1C. The van der Waals surface area contributed by atoms with Crippen LogP contribution in [0.25, 0.3) is 11.3 Å². The van der Waals surface area contributed by atoms with Gasteiger partial charge in [0.05, 0.1) is 11.3 Å². The van der Waals surface area contributed by atoms with Crippen molar-refractivity contribution in [3.63, 3.8) is 0 Å². The topological polar surface area (TPSA) is 45.2 Å². The quantitative estimate of drug-likeness (QED) is 0.885. The summed E-state index contributed by atoms with van der Waals surface area (Å²) >= 11 is 0. The molecule has 26 heavy (non-hydrogen) atoms. The zero-order valence-corrected chi connectivity index (χ0v) is 15.4. The summed E-state index contributed by atoms with van der Waals surface area (Å²) in [5, 5.41) is 3.13. The molecule has 1 fully saturated rings. The fourth-order valence-electron chi connectivity index (χ4n) is 3.59. The summed E-state index contributed by atoms with van der Waals surface area (Å²) in [6.45, 7) is 6.56. The van der Waals surface area contributed by atoms with Gasteiger partial charge in [-0.2, -0.15) is 0 Å². The smallest absolute Gasteiger partial charge is 0.253 e. The van der Waals surface area contributed by atoms with Crippen molar-refractivity contribution in [3.8, 4) is 11.3 Å². The highest BCUT2D eigenvalue weighted by molar-refractivity contribution is 5.94.